The van der Waals surface area contributed by atoms with Gasteiger partial charge in [-0.3, -0.25) is 15.0 Å². The number of aliphatic carboxylic acids is 1. The predicted molar refractivity (Wildman–Crippen MR) is 134 cm³/mol. The van der Waals surface area contributed by atoms with Crippen LogP contribution in [0.4, 0.5) is 0 Å². The van der Waals surface area contributed by atoms with Gasteiger partial charge in [-0.25, -0.2) is 9.59 Å². The third-order valence-electron chi connectivity index (χ3n) is 5.81. The van der Waals surface area contributed by atoms with Gasteiger partial charge in [-0.1, -0.05) is 19.1 Å². The fourth-order valence-corrected chi connectivity index (χ4v) is 3.73. The summed E-state index contributed by atoms with van der Waals surface area (Å²) >= 11 is 0. The number of carbonyl (C=O) groups excluding carboxylic acids is 3. The van der Waals surface area contributed by atoms with Crippen LogP contribution in [0.15, 0.2) is 54.6 Å². The number of nitrogen functional groups attached to an aromatic ring is 1. The fourth-order valence-electron chi connectivity index (χ4n) is 3.73. The summed E-state index contributed by atoms with van der Waals surface area (Å²) in [6.45, 7) is 3.43. The van der Waals surface area contributed by atoms with Gasteiger partial charge in [0.1, 0.15) is 17.1 Å². The number of esters is 1. The van der Waals surface area contributed by atoms with E-state index in [0.29, 0.717) is 16.9 Å². The highest BCUT2D eigenvalue weighted by Gasteiger charge is 2.43. The lowest BCUT2D eigenvalue weighted by Crippen LogP contribution is -2.56. The third-order valence-corrected chi connectivity index (χ3v) is 5.81. The van der Waals surface area contributed by atoms with Crippen LogP contribution in [0.25, 0.3) is 6.08 Å². The molecule has 0 unspecified atom stereocenters. The number of amidine groups is 1. The van der Waals surface area contributed by atoms with E-state index in [-0.39, 0.29) is 37.2 Å². The maximum atomic E-state index is 12.9. The van der Waals surface area contributed by atoms with Crippen molar-refractivity contribution in [3.63, 3.8) is 0 Å². The quantitative estimate of drug-likeness (QED) is 0.115. The number of nitrogens with one attached hydrogen (secondary N) is 1. The molecule has 2 rings (SSSR count). The molecule has 0 radical (unpaired) electrons. The first-order chi connectivity index (χ1) is 17.0. The first-order valence-electron chi connectivity index (χ1n) is 11.3. The number of carboxylic acid groups (broad SMARTS) is 1. The lowest BCUT2D eigenvalue weighted by Gasteiger charge is -2.39. The fraction of sp³-hybridized carbons (Fsp3) is 0.269. The van der Waals surface area contributed by atoms with Crippen LogP contribution in [0.5, 0.6) is 5.75 Å². The number of nitrogens with two attached hydrogens (primary N) is 2. The molecule has 0 saturated heterocycles. The molecular formula is C26H30N4O6. The topological polar surface area (TPSA) is 177 Å². The molecule has 190 valence electrons. The Labute approximate surface area is 209 Å². The molecular weight excluding hydrogens is 464 g/mol. The summed E-state index contributed by atoms with van der Waals surface area (Å²) in [5, 5.41) is 17.3. The Hall–Kier alpha value is -4.47. The SMILES string of the molecule is CCN(C(=O)/C=C/c1ccc(C(=O)Oc2ccc(C(=N)N)cc2)cc1)[C@@](CC)(CCC(N)=O)C(=O)O. The molecule has 0 aliphatic rings. The molecule has 0 aliphatic heterocycles. The van der Waals surface area contributed by atoms with E-state index in [1.165, 1.54) is 41.3 Å². The Morgan fingerprint density at radius 3 is 2.06 bits per heavy atom. The molecule has 0 fully saturated rings. The second kappa shape index (κ2) is 12.3. The van der Waals surface area contributed by atoms with Gasteiger partial charge < -0.3 is 26.2 Å². The number of rotatable bonds is 12. The highest BCUT2D eigenvalue weighted by molar-refractivity contribution is 5.97. The monoisotopic (exact) mass is 494 g/mol. The summed E-state index contributed by atoms with van der Waals surface area (Å²) in [6, 6.07) is 12.5. The van der Waals surface area contributed by atoms with Gasteiger partial charge in [0.25, 0.3) is 0 Å². The molecule has 0 saturated carbocycles. The second-order valence-electron chi connectivity index (χ2n) is 8.02. The summed E-state index contributed by atoms with van der Waals surface area (Å²) in [5.74, 6) is -2.74. The Bertz CT molecular complexity index is 1160. The maximum Gasteiger partial charge on any atom is 0.343 e. The van der Waals surface area contributed by atoms with Crippen molar-refractivity contribution in [1.29, 1.82) is 5.41 Å². The van der Waals surface area contributed by atoms with Gasteiger partial charge in [0.2, 0.25) is 11.8 Å². The van der Waals surface area contributed by atoms with E-state index in [0.717, 1.165) is 0 Å². The number of primary amides is 1. The van der Waals surface area contributed by atoms with Gasteiger partial charge in [-0.15, -0.1) is 0 Å². The molecule has 2 aromatic rings. The standard InChI is InChI=1S/C26H30N4O6/c1-3-26(25(34)35,16-15-21(27)31)30(4-2)22(32)14-7-17-5-8-19(9-6-17)24(33)36-20-12-10-18(11-13-20)23(28)29/h5-14H,3-4,15-16H2,1-2H3,(H2,27,31)(H3,28,29)(H,34,35)/b14-7+/t26-/m0/s1. The van der Waals surface area contributed by atoms with Crippen molar-refractivity contribution in [2.45, 2.75) is 38.6 Å². The minimum Gasteiger partial charge on any atom is -0.479 e. The molecule has 1 atom stereocenters. The van der Waals surface area contributed by atoms with Crippen LogP contribution in [-0.2, 0) is 14.4 Å². The average molecular weight is 495 g/mol. The Morgan fingerprint density at radius 1 is 1.00 bits per heavy atom. The largest absolute Gasteiger partial charge is 0.479 e. The molecule has 36 heavy (non-hydrogen) atoms. The normalized spacial score (nSPS) is 12.5. The zero-order chi connectivity index (χ0) is 26.9. The van der Waals surface area contributed by atoms with Crippen LogP contribution in [0.1, 0.15) is 54.6 Å². The van der Waals surface area contributed by atoms with Gasteiger partial charge >= 0.3 is 11.9 Å². The number of ether oxygens (including phenoxy) is 1. The van der Waals surface area contributed by atoms with Crippen LogP contribution in [0.2, 0.25) is 0 Å². The lowest BCUT2D eigenvalue weighted by molar-refractivity contribution is -0.158. The van der Waals surface area contributed by atoms with Gasteiger partial charge in [0.15, 0.2) is 0 Å². The summed E-state index contributed by atoms with van der Waals surface area (Å²) in [6.07, 6.45) is 2.63. The van der Waals surface area contributed by atoms with Gasteiger partial charge in [-0.2, -0.15) is 0 Å². The van der Waals surface area contributed by atoms with E-state index in [1.807, 2.05) is 0 Å². The van der Waals surface area contributed by atoms with Crippen molar-refractivity contribution in [3.05, 3.63) is 71.3 Å². The zero-order valence-corrected chi connectivity index (χ0v) is 20.2. The lowest BCUT2D eigenvalue weighted by atomic mass is 9.87. The smallest absolute Gasteiger partial charge is 0.343 e. The number of nitrogens with zero attached hydrogens (tertiary/aromatic N) is 1. The molecule has 6 N–H and O–H groups in total. The second-order valence-corrected chi connectivity index (χ2v) is 8.02. The predicted octanol–water partition coefficient (Wildman–Crippen LogP) is 2.55. The molecule has 10 nitrogen and oxygen atoms in total. The van der Waals surface area contributed by atoms with Crippen molar-refractivity contribution >= 4 is 35.7 Å². The molecule has 10 heteroatoms. The van der Waals surface area contributed by atoms with Crippen LogP contribution in [0.3, 0.4) is 0 Å². The van der Waals surface area contributed by atoms with Crippen molar-refractivity contribution in [2.24, 2.45) is 11.5 Å². The molecule has 0 aliphatic carbocycles. The van der Waals surface area contributed by atoms with E-state index < -0.39 is 29.3 Å². The average Bonchev–Trinajstić information content (AvgIpc) is 2.85. The highest BCUT2D eigenvalue weighted by atomic mass is 16.5. The van der Waals surface area contributed by atoms with Crippen LogP contribution >= 0.6 is 0 Å². The molecule has 2 aromatic carbocycles. The summed E-state index contributed by atoms with van der Waals surface area (Å²) in [4.78, 5) is 49.9. The maximum absolute atomic E-state index is 12.9. The van der Waals surface area contributed by atoms with Gasteiger partial charge in [0.05, 0.1) is 5.56 Å². The van der Waals surface area contributed by atoms with Gasteiger partial charge in [0, 0.05) is 24.6 Å². The minimum absolute atomic E-state index is 0.0874. The van der Waals surface area contributed by atoms with E-state index in [4.69, 9.17) is 21.6 Å². The Balaban J connectivity index is 2.12. The third kappa shape index (κ3) is 6.78. The van der Waals surface area contributed by atoms with E-state index in [9.17, 15) is 24.3 Å². The molecule has 0 aromatic heterocycles. The number of benzene rings is 2. The van der Waals surface area contributed by atoms with Crippen molar-refractivity contribution in [1.82, 2.24) is 4.90 Å². The molecule has 0 heterocycles. The first-order valence-corrected chi connectivity index (χ1v) is 11.3. The molecule has 0 bridgehead atoms. The van der Waals surface area contributed by atoms with Gasteiger partial charge in [-0.05, 0) is 67.8 Å². The Morgan fingerprint density at radius 2 is 1.58 bits per heavy atom. The molecule has 2 amide bonds. The summed E-state index contributed by atoms with van der Waals surface area (Å²) in [5.41, 5.74) is 10.5. The van der Waals surface area contributed by atoms with Crippen molar-refractivity contribution in [3.8, 4) is 5.75 Å². The van der Waals surface area contributed by atoms with Crippen molar-refractivity contribution < 1.29 is 29.0 Å². The summed E-state index contributed by atoms with van der Waals surface area (Å²) in [7, 11) is 0. The number of hydrogen-bond donors (Lipinski definition) is 4. The Kier molecular flexibility index (Phi) is 9.49. The molecule has 0 spiro atoms. The number of hydrogen-bond acceptors (Lipinski definition) is 6. The number of carboxylic acids is 1. The van der Waals surface area contributed by atoms with Crippen LogP contribution < -0.4 is 16.2 Å². The number of carbonyl (C=O) groups is 4. The van der Waals surface area contributed by atoms with E-state index in [2.05, 4.69) is 0 Å². The van der Waals surface area contributed by atoms with E-state index in [1.54, 1.807) is 38.1 Å². The van der Waals surface area contributed by atoms with E-state index >= 15 is 0 Å². The van der Waals surface area contributed by atoms with Crippen LogP contribution in [0, 0.1) is 5.41 Å². The minimum atomic E-state index is -1.55. The zero-order valence-electron chi connectivity index (χ0n) is 20.2. The van der Waals surface area contributed by atoms with Crippen LogP contribution in [-0.4, -0.2) is 51.7 Å². The summed E-state index contributed by atoms with van der Waals surface area (Å²) < 4.78 is 5.31. The van der Waals surface area contributed by atoms with Crippen molar-refractivity contribution in [2.75, 3.05) is 6.54 Å². The number of likely N-dealkylation sites (N-methyl/N-ethyl adjacent to an activating group) is 1. The number of amides is 2. The first kappa shape index (κ1) is 27.8. The highest BCUT2D eigenvalue weighted by Crippen LogP contribution is 2.27.